The van der Waals surface area contributed by atoms with Crippen LogP contribution in [0.1, 0.15) is 18.9 Å². The molecule has 1 N–H and O–H groups in total. The minimum Gasteiger partial charge on any atom is -0.366 e. The van der Waals surface area contributed by atoms with Crippen LogP contribution in [0.15, 0.2) is 18.3 Å². The average molecular weight is 185 g/mol. The van der Waals surface area contributed by atoms with Crippen LogP contribution in [0.3, 0.4) is 0 Å². The molecule has 1 rings (SSSR count). The molecule has 0 aromatic carbocycles. The molecule has 0 amide bonds. The van der Waals surface area contributed by atoms with Crippen LogP contribution in [-0.4, -0.2) is 11.0 Å². The predicted molar refractivity (Wildman–Crippen MR) is 55.5 cm³/mol. The molecule has 0 aliphatic rings. The van der Waals surface area contributed by atoms with E-state index in [1.54, 1.807) is 18.3 Å². The summed E-state index contributed by atoms with van der Waals surface area (Å²) in [6.07, 6.45) is 7.44. The molecule has 3 nitrogen and oxygen atoms in total. The second-order valence-corrected chi connectivity index (χ2v) is 2.97. The lowest BCUT2D eigenvalue weighted by Crippen LogP contribution is -2.15. The molecule has 0 spiro atoms. The van der Waals surface area contributed by atoms with E-state index in [0.29, 0.717) is 17.8 Å². The van der Waals surface area contributed by atoms with Gasteiger partial charge in [-0.05, 0) is 19.1 Å². The zero-order valence-corrected chi connectivity index (χ0v) is 7.99. The van der Waals surface area contributed by atoms with Gasteiger partial charge in [0.05, 0.1) is 5.56 Å². The molecule has 14 heavy (non-hydrogen) atoms. The summed E-state index contributed by atoms with van der Waals surface area (Å²) >= 11 is 0. The third-order valence-corrected chi connectivity index (χ3v) is 1.74. The van der Waals surface area contributed by atoms with Crippen molar-refractivity contribution in [2.75, 3.05) is 5.32 Å². The molecule has 1 heterocycles. The molecule has 1 aromatic rings. The number of nitrogens with one attached hydrogen (secondary N) is 1. The molecule has 3 heteroatoms. The second kappa shape index (κ2) is 4.89. The Morgan fingerprint density at radius 1 is 1.71 bits per heavy atom. The van der Waals surface area contributed by atoms with Crippen molar-refractivity contribution in [3.05, 3.63) is 23.9 Å². The first-order valence-electron chi connectivity index (χ1n) is 4.33. The summed E-state index contributed by atoms with van der Waals surface area (Å²) in [6.45, 7) is 1.95. The minimum absolute atomic E-state index is 0.127. The first-order valence-corrected chi connectivity index (χ1v) is 4.33. The number of terminal acetylenes is 1. The molecule has 1 atom stereocenters. The molecule has 0 aliphatic carbocycles. The van der Waals surface area contributed by atoms with E-state index < -0.39 is 0 Å². The van der Waals surface area contributed by atoms with Gasteiger partial charge in [-0.3, -0.25) is 0 Å². The number of nitrogens with zero attached hydrogens (tertiary/aromatic N) is 2. The molecule has 0 saturated heterocycles. The molecule has 0 fully saturated rings. The van der Waals surface area contributed by atoms with Crippen LogP contribution < -0.4 is 5.32 Å². The number of hydrogen-bond donors (Lipinski definition) is 1. The first-order chi connectivity index (χ1) is 6.77. The highest BCUT2D eigenvalue weighted by Crippen LogP contribution is 2.11. The summed E-state index contributed by atoms with van der Waals surface area (Å²) in [6, 6.07) is 5.65. The van der Waals surface area contributed by atoms with Crippen molar-refractivity contribution < 1.29 is 0 Å². The Hall–Kier alpha value is -2.00. The Kier molecular flexibility index (Phi) is 3.52. The van der Waals surface area contributed by atoms with Gasteiger partial charge in [0.15, 0.2) is 0 Å². The fourth-order valence-corrected chi connectivity index (χ4v) is 1.07. The summed E-state index contributed by atoms with van der Waals surface area (Å²) < 4.78 is 0. The highest BCUT2D eigenvalue weighted by Gasteiger charge is 2.05. The van der Waals surface area contributed by atoms with E-state index in [2.05, 4.69) is 22.3 Å². The van der Waals surface area contributed by atoms with Gasteiger partial charge in [0.1, 0.15) is 11.9 Å². The van der Waals surface area contributed by atoms with Crippen molar-refractivity contribution in [2.24, 2.45) is 0 Å². The van der Waals surface area contributed by atoms with Crippen molar-refractivity contribution in [3.63, 3.8) is 0 Å². The molecule has 0 saturated carbocycles. The second-order valence-electron chi connectivity index (χ2n) is 2.97. The van der Waals surface area contributed by atoms with E-state index in [4.69, 9.17) is 11.7 Å². The van der Waals surface area contributed by atoms with Crippen molar-refractivity contribution in [1.29, 1.82) is 5.26 Å². The van der Waals surface area contributed by atoms with E-state index in [1.807, 2.05) is 6.92 Å². The topological polar surface area (TPSA) is 48.7 Å². The lowest BCUT2D eigenvalue weighted by Gasteiger charge is -2.11. The molecule has 0 radical (unpaired) electrons. The predicted octanol–water partition coefficient (Wildman–Crippen LogP) is 1.78. The maximum absolute atomic E-state index is 8.79. The number of anilines is 1. The quantitative estimate of drug-likeness (QED) is 0.730. The van der Waals surface area contributed by atoms with E-state index in [9.17, 15) is 0 Å². The standard InChI is InChI=1S/C11H11N3/c1-3-5-9(2)14-11-10(8-12)6-4-7-13-11/h1,4,6-7,9H,5H2,2H3,(H,13,14). The van der Waals surface area contributed by atoms with Crippen LogP contribution in [0.2, 0.25) is 0 Å². The average Bonchev–Trinajstić information content (AvgIpc) is 2.19. The summed E-state index contributed by atoms with van der Waals surface area (Å²) in [5.41, 5.74) is 0.538. The highest BCUT2D eigenvalue weighted by atomic mass is 15.0. The third-order valence-electron chi connectivity index (χ3n) is 1.74. The summed E-state index contributed by atoms with van der Waals surface area (Å²) in [5, 5.41) is 11.9. The maximum atomic E-state index is 8.79. The van der Waals surface area contributed by atoms with E-state index in [0.717, 1.165) is 0 Å². The SMILES string of the molecule is C#CCC(C)Nc1ncccc1C#N. The fraction of sp³-hybridized carbons (Fsp3) is 0.273. The van der Waals surface area contributed by atoms with Gasteiger partial charge in [-0.15, -0.1) is 12.3 Å². The number of aromatic nitrogens is 1. The normalized spacial score (nSPS) is 11.1. The number of nitriles is 1. The first kappa shape index (κ1) is 10.1. The van der Waals surface area contributed by atoms with Gasteiger partial charge in [-0.1, -0.05) is 0 Å². The van der Waals surface area contributed by atoms with Gasteiger partial charge >= 0.3 is 0 Å². The Morgan fingerprint density at radius 2 is 2.50 bits per heavy atom. The molecular weight excluding hydrogens is 174 g/mol. The van der Waals surface area contributed by atoms with Crippen LogP contribution in [0.4, 0.5) is 5.82 Å². The maximum Gasteiger partial charge on any atom is 0.144 e. The molecule has 0 bridgehead atoms. The van der Waals surface area contributed by atoms with Gasteiger partial charge in [0.2, 0.25) is 0 Å². The smallest absolute Gasteiger partial charge is 0.144 e. The van der Waals surface area contributed by atoms with Crippen molar-refractivity contribution >= 4 is 5.82 Å². The largest absolute Gasteiger partial charge is 0.366 e. The lowest BCUT2D eigenvalue weighted by molar-refractivity contribution is 0.821. The van der Waals surface area contributed by atoms with Crippen LogP contribution in [-0.2, 0) is 0 Å². The van der Waals surface area contributed by atoms with E-state index in [1.165, 1.54) is 0 Å². The Labute approximate surface area is 83.8 Å². The molecular formula is C11H11N3. The number of pyridine rings is 1. The Bertz CT molecular complexity index is 384. The van der Waals surface area contributed by atoms with Crippen LogP contribution >= 0.6 is 0 Å². The number of hydrogen-bond acceptors (Lipinski definition) is 3. The zero-order chi connectivity index (χ0) is 10.4. The monoisotopic (exact) mass is 185 g/mol. The Balaban J connectivity index is 2.77. The molecule has 70 valence electrons. The molecule has 0 aliphatic heterocycles. The van der Waals surface area contributed by atoms with Gasteiger partial charge in [0.25, 0.3) is 0 Å². The zero-order valence-electron chi connectivity index (χ0n) is 7.99. The van der Waals surface area contributed by atoms with Crippen molar-refractivity contribution in [2.45, 2.75) is 19.4 Å². The van der Waals surface area contributed by atoms with Gasteiger partial charge in [-0.25, -0.2) is 4.98 Å². The van der Waals surface area contributed by atoms with Gasteiger partial charge in [0, 0.05) is 18.7 Å². The Morgan fingerprint density at radius 3 is 3.14 bits per heavy atom. The van der Waals surface area contributed by atoms with Crippen molar-refractivity contribution in [1.82, 2.24) is 4.98 Å². The highest BCUT2D eigenvalue weighted by molar-refractivity contribution is 5.51. The van der Waals surface area contributed by atoms with E-state index >= 15 is 0 Å². The third kappa shape index (κ3) is 2.50. The fourth-order valence-electron chi connectivity index (χ4n) is 1.07. The van der Waals surface area contributed by atoms with E-state index in [-0.39, 0.29) is 6.04 Å². The summed E-state index contributed by atoms with van der Waals surface area (Å²) in [4.78, 5) is 4.07. The van der Waals surface area contributed by atoms with Crippen LogP contribution in [0, 0.1) is 23.7 Å². The summed E-state index contributed by atoms with van der Waals surface area (Å²) in [5.74, 6) is 3.15. The van der Waals surface area contributed by atoms with Crippen LogP contribution in [0.5, 0.6) is 0 Å². The van der Waals surface area contributed by atoms with Gasteiger partial charge in [-0.2, -0.15) is 5.26 Å². The number of rotatable bonds is 3. The van der Waals surface area contributed by atoms with Gasteiger partial charge < -0.3 is 5.32 Å². The lowest BCUT2D eigenvalue weighted by atomic mass is 10.2. The van der Waals surface area contributed by atoms with Crippen molar-refractivity contribution in [3.8, 4) is 18.4 Å². The molecule has 1 unspecified atom stereocenters. The molecule has 1 aromatic heterocycles. The minimum atomic E-state index is 0.127. The summed E-state index contributed by atoms with van der Waals surface area (Å²) in [7, 11) is 0. The van der Waals surface area contributed by atoms with Crippen LogP contribution in [0.25, 0.3) is 0 Å².